The summed E-state index contributed by atoms with van der Waals surface area (Å²) in [5.74, 6) is 2.12. The number of benzene rings is 1. The minimum atomic E-state index is -2.28. The zero-order chi connectivity index (χ0) is 25.4. The van der Waals surface area contributed by atoms with Gasteiger partial charge in [-0.3, -0.25) is 0 Å². The van der Waals surface area contributed by atoms with Crippen LogP contribution in [0, 0.1) is 11.8 Å². The zero-order valence-electron chi connectivity index (χ0n) is 21.9. The van der Waals surface area contributed by atoms with Gasteiger partial charge in [0.25, 0.3) is 0 Å². The van der Waals surface area contributed by atoms with Crippen LogP contribution in [0.4, 0.5) is 0 Å². The lowest BCUT2D eigenvalue weighted by Gasteiger charge is -2.11. The first-order valence-electron chi connectivity index (χ1n) is 13.0. The third-order valence-corrected chi connectivity index (χ3v) is 6.37. The summed E-state index contributed by atoms with van der Waals surface area (Å²) in [6.45, 7) is 10.4. The van der Waals surface area contributed by atoms with E-state index in [1.807, 2.05) is 6.07 Å². The van der Waals surface area contributed by atoms with Crippen LogP contribution in [0.25, 0.3) is 0 Å². The topological polar surface area (TPSA) is 88.4 Å². The quantitative estimate of drug-likeness (QED) is 0.118. The van der Waals surface area contributed by atoms with Crippen LogP contribution in [0.5, 0.6) is 5.75 Å². The highest BCUT2D eigenvalue weighted by molar-refractivity contribution is 7.40. The van der Waals surface area contributed by atoms with Crippen molar-refractivity contribution < 1.29 is 28.3 Å². The average Bonchev–Trinajstić information content (AvgIpc) is 2.77. The van der Waals surface area contributed by atoms with Gasteiger partial charge in [-0.15, -0.1) is 0 Å². The molecule has 6 nitrogen and oxygen atoms in total. The first-order chi connectivity index (χ1) is 16.3. The van der Waals surface area contributed by atoms with Crippen LogP contribution in [0.15, 0.2) is 30.3 Å². The number of unbranched alkanes of at least 4 members (excludes halogenated alkanes) is 8. The molecular formula is C26H50O6P2. The predicted molar refractivity (Wildman–Crippen MR) is 145 cm³/mol. The van der Waals surface area contributed by atoms with Crippen LogP contribution in [-0.4, -0.2) is 27.9 Å². The summed E-state index contributed by atoms with van der Waals surface area (Å²) in [4.78, 5) is 26.5. The summed E-state index contributed by atoms with van der Waals surface area (Å²) in [5, 5.41) is 0. The number of para-hydroxylation sites is 1. The molecule has 0 bridgehead atoms. The molecule has 1 aromatic rings. The van der Waals surface area contributed by atoms with E-state index in [0.29, 0.717) is 19.0 Å². The molecule has 0 fully saturated rings. The first-order valence-corrected chi connectivity index (χ1v) is 15.3. The van der Waals surface area contributed by atoms with E-state index in [0.717, 1.165) is 24.7 Å². The van der Waals surface area contributed by atoms with Crippen LogP contribution in [-0.2, 0) is 9.05 Å². The van der Waals surface area contributed by atoms with Gasteiger partial charge >= 0.3 is 17.2 Å². The van der Waals surface area contributed by atoms with E-state index < -0.39 is 17.2 Å². The van der Waals surface area contributed by atoms with Gasteiger partial charge < -0.3 is 28.3 Å². The molecule has 0 saturated carbocycles. The molecule has 0 aliphatic rings. The van der Waals surface area contributed by atoms with Gasteiger partial charge in [-0.25, -0.2) is 0 Å². The summed E-state index contributed by atoms with van der Waals surface area (Å²) in [7, 11) is -3.93. The molecule has 0 heterocycles. The average molecular weight is 521 g/mol. The van der Waals surface area contributed by atoms with E-state index in [4.69, 9.17) is 18.8 Å². The van der Waals surface area contributed by atoms with E-state index in [2.05, 4.69) is 32.2 Å². The molecule has 1 aromatic carbocycles. The summed E-state index contributed by atoms with van der Waals surface area (Å²) < 4.78 is 15.3. The van der Waals surface area contributed by atoms with Crippen molar-refractivity contribution in [3.05, 3.63) is 30.3 Å². The zero-order valence-corrected chi connectivity index (χ0v) is 23.7. The van der Waals surface area contributed by atoms with Crippen molar-refractivity contribution in [2.24, 2.45) is 11.8 Å². The molecule has 3 N–H and O–H groups in total. The van der Waals surface area contributed by atoms with Crippen molar-refractivity contribution in [2.75, 3.05) is 13.2 Å². The molecule has 0 radical (unpaired) electrons. The molecule has 8 heteroatoms. The Morgan fingerprint density at radius 3 is 1.44 bits per heavy atom. The minimum absolute atomic E-state index is 0.471. The molecule has 34 heavy (non-hydrogen) atoms. The third-order valence-electron chi connectivity index (χ3n) is 5.19. The standard InChI is InChI=1S/C20H43O3P.C6H7O3P/c1-19(2)15-11-7-5-9-13-17-22-24(21)23-18-14-10-6-8-12-16-20(3)4;7-10(8)9-6-4-2-1-3-5-6/h19-21H,5-18H2,1-4H3;1-5,7-8H. The Balaban J connectivity index is 0.000000896. The van der Waals surface area contributed by atoms with Crippen LogP contribution in [0.3, 0.4) is 0 Å². The van der Waals surface area contributed by atoms with Gasteiger partial charge in [0.2, 0.25) is 0 Å². The second kappa shape index (κ2) is 24.4. The molecule has 0 spiro atoms. The van der Waals surface area contributed by atoms with E-state index >= 15 is 0 Å². The van der Waals surface area contributed by atoms with Crippen molar-refractivity contribution in [3.8, 4) is 5.75 Å². The fourth-order valence-corrected chi connectivity index (χ4v) is 4.22. The fourth-order valence-electron chi connectivity index (χ4n) is 3.27. The molecule has 0 saturated heterocycles. The SMILES string of the molecule is CC(C)CCCCCCCOP(O)OCCCCCCCC(C)C.OP(O)Oc1ccccc1. The van der Waals surface area contributed by atoms with Crippen LogP contribution < -0.4 is 4.52 Å². The Kier molecular flexibility index (Phi) is 24.1. The Morgan fingerprint density at radius 2 is 1.03 bits per heavy atom. The van der Waals surface area contributed by atoms with E-state index in [1.54, 1.807) is 24.3 Å². The maximum absolute atomic E-state index is 9.67. The van der Waals surface area contributed by atoms with E-state index in [9.17, 15) is 4.89 Å². The Hall–Kier alpha value is -0.320. The molecule has 0 amide bonds. The Bertz CT molecular complexity index is 507. The number of hydrogen-bond donors (Lipinski definition) is 3. The van der Waals surface area contributed by atoms with Crippen LogP contribution >= 0.6 is 17.2 Å². The fraction of sp³-hybridized carbons (Fsp3) is 0.769. The van der Waals surface area contributed by atoms with Gasteiger partial charge in [-0.1, -0.05) is 110 Å². The summed E-state index contributed by atoms with van der Waals surface area (Å²) in [6, 6.07) is 8.65. The van der Waals surface area contributed by atoms with Gasteiger partial charge in [0, 0.05) is 0 Å². The van der Waals surface area contributed by atoms with Crippen LogP contribution in [0.2, 0.25) is 0 Å². The van der Waals surface area contributed by atoms with Crippen molar-refractivity contribution in [3.63, 3.8) is 0 Å². The predicted octanol–water partition coefficient (Wildman–Crippen LogP) is 8.51. The van der Waals surface area contributed by atoms with Crippen LogP contribution in [0.1, 0.15) is 105 Å². The first kappa shape index (κ1) is 33.7. The Morgan fingerprint density at radius 1 is 0.618 bits per heavy atom. The maximum Gasteiger partial charge on any atom is 0.391 e. The number of rotatable bonds is 20. The van der Waals surface area contributed by atoms with E-state index in [1.165, 1.54) is 64.2 Å². The lowest BCUT2D eigenvalue weighted by molar-refractivity contribution is 0.193. The molecule has 0 aliphatic carbocycles. The molecule has 0 unspecified atom stereocenters. The van der Waals surface area contributed by atoms with Gasteiger partial charge in [-0.2, -0.15) is 0 Å². The molecule has 200 valence electrons. The second-order valence-electron chi connectivity index (χ2n) is 9.46. The highest BCUT2D eigenvalue weighted by Gasteiger charge is 2.06. The smallest absolute Gasteiger partial charge is 0.391 e. The van der Waals surface area contributed by atoms with Crippen molar-refractivity contribution in [1.82, 2.24) is 0 Å². The lowest BCUT2D eigenvalue weighted by atomic mass is 10.0. The van der Waals surface area contributed by atoms with Gasteiger partial charge in [0.15, 0.2) is 0 Å². The number of hydrogen-bond acceptors (Lipinski definition) is 6. The van der Waals surface area contributed by atoms with Gasteiger partial charge in [-0.05, 0) is 36.8 Å². The lowest BCUT2D eigenvalue weighted by Crippen LogP contribution is -1.96. The Labute approximate surface area is 211 Å². The summed E-state index contributed by atoms with van der Waals surface area (Å²) >= 11 is 0. The van der Waals surface area contributed by atoms with Crippen molar-refractivity contribution in [2.45, 2.75) is 105 Å². The summed E-state index contributed by atoms with van der Waals surface area (Å²) in [6.07, 6.45) is 15.0. The maximum atomic E-state index is 9.67. The minimum Gasteiger partial charge on any atom is -0.427 e. The van der Waals surface area contributed by atoms with Crippen molar-refractivity contribution >= 4 is 17.2 Å². The molecule has 1 rings (SSSR count). The molecule has 0 atom stereocenters. The highest BCUT2D eigenvalue weighted by atomic mass is 31.2. The molecular weight excluding hydrogens is 470 g/mol. The summed E-state index contributed by atoms with van der Waals surface area (Å²) in [5.41, 5.74) is 0. The van der Waals surface area contributed by atoms with E-state index in [-0.39, 0.29) is 0 Å². The van der Waals surface area contributed by atoms with Crippen molar-refractivity contribution in [1.29, 1.82) is 0 Å². The molecule has 0 aromatic heterocycles. The third kappa shape index (κ3) is 26.3. The largest absolute Gasteiger partial charge is 0.427 e. The van der Waals surface area contributed by atoms with Gasteiger partial charge in [0.1, 0.15) is 5.75 Å². The molecule has 0 aliphatic heterocycles. The van der Waals surface area contributed by atoms with Gasteiger partial charge in [0.05, 0.1) is 13.2 Å². The highest BCUT2D eigenvalue weighted by Crippen LogP contribution is 2.33. The monoisotopic (exact) mass is 520 g/mol. The normalized spacial score (nSPS) is 11.4. The second-order valence-corrected chi connectivity index (χ2v) is 11.1.